The number of aromatic nitrogens is 1. The molecule has 3 rings (SSSR count). The van der Waals surface area contributed by atoms with Gasteiger partial charge in [0.05, 0.1) is 27.8 Å². The predicted octanol–water partition coefficient (Wildman–Crippen LogP) is 4.05. The van der Waals surface area contributed by atoms with Gasteiger partial charge >= 0.3 is 0 Å². The fourth-order valence-electron chi connectivity index (χ4n) is 2.86. The molecule has 0 radical (unpaired) electrons. The first-order valence-electron chi connectivity index (χ1n) is 8.07. The van der Waals surface area contributed by atoms with Gasteiger partial charge in [0.1, 0.15) is 5.39 Å². The third-order valence-corrected chi connectivity index (χ3v) is 3.94. The van der Waals surface area contributed by atoms with E-state index in [9.17, 15) is 10.1 Å². The van der Waals surface area contributed by atoms with Crippen molar-refractivity contribution < 1.29 is 4.92 Å². The summed E-state index contributed by atoms with van der Waals surface area (Å²) in [5, 5.41) is 19.7. The molecule has 0 aliphatic rings. The SMILES string of the molecule is CCCNC(C)Nc1c2ccccc2nc2cccc([N+](=O)[O-])c12. The Balaban J connectivity index is 2.25. The van der Waals surface area contributed by atoms with Gasteiger partial charge in [0, 0.05) is 11.5 Å². The second-order valence-corrected chi connectivity index (χ2v) is 5.75. The molecule has 3 aromatic rings. The summed E-state index contributed by atoms with van der Waals surface area (Å²) < 4.78 is 0. The smallest absolute Gasteiger partial charge is 0.280 e. The number of nitrogens with zero attached hydrogens (tertiary/aromatic N) is 2. The van der Waals surface area contributed by atoms with Gasteiger partial charge in [-0.2, -0.15) is 0 Å². The lowest BCUT2D eigenvalue weighted by Gasteiger charge is -2.19. The molecular weight excluding hydrogens is 304 g/mol. The van der Waals surface area contributed by atoms with Gasteiger partial charge in [-0.3, -0.25) is 15.4 Å². The third-order valence-electron chi connectivity index (χ3n) is 3.94. The molecule has 6 nitrogen and oxygen atoms in total. The van der Waals surface area contributed by atoms with Crippen molar-refractivity contribution >= 4 is 33.2 Å². The van der Waals surface area contributed by atoms with E-state index in [4.69, 9.17) is 0 Å². The fraction of sp³-hybridized carbons (Fsp3) is 0.278. The molecule has 0 bridgehead atoms. The lowest BCUT2D eigenvalue weighted by molar-refractivity contribution is -0.383. The van der Waals surface area contributed by atoms with Crippen molar-refractivity contribution in [1.82, 2.24) is 10.3 Å². The van der Waals surface area contributed by atoms with Crippen molar-refractivity contribution in [2.24, 2.45) is 0 Å². The van der Waals surface area contributed by atoms with Crippen LogP contribution in [0.5, 0.6) is 0 Å². The number of rotatable bonds is 6. The molecule has 0 saturated heterocycles. The summed E-state index contributed by atoms with van der Waals surface area (Å²) in [4.78, 5) is 15.7. The van der Waals surface area contributed by atoms with Crippen LogP contribution in [0.15, 0.2) is 42.5 Å². The number of para-hydroxylation sites is 1. The highest BCUT2D eigenvalue weighted by Gasteiger charge is 2.19. The molecule has 124 valence electrons. The Morgan fingerprint density at radius 1 is 1.17 bits per heavy atom. The molecule has 1 aromatic heterocycles. The molecule has 1 atom stereocenters. The number of benzene rings is 2. The van der Waals surface area contributed by atoms with Crippen LogP contribution in [0.25, 0.3) is 21.8 Å². The summed E-state index contributed by atoms with van der Waals surface area (Å²) in [5.74, 6) is 0. The van der Waals surface area contributed by atoms with Crippen molar-refractivity contribution in [3.8, 4) is 0 Å². The number of fused-ring (bicyclic) bond motifs is 2. The van der Waals surface area contributed by atoms with E-state index in [1.165, 1.54) is 6.07 Å². The van der Waals surface area contributed by atoms with Crippen molar-refractivity contribution in [3.63, 3.8) is 0 Å². The minimum atomic E-state index is -0.353. The molecule has 0 saturated carbocycles. The van der Waals surface area contributed by atoms with E-state index in [0.29, 0.717) is 10.9 Å². The first kappa shape index (κ1) is 16.1. The maximum atomic E-state index is 11.5. The third kappa shape index (κ3) is 3.00. The largest absolute Gasteiger partial charge is 0.369 e. The van der Waals surface area contributed by atoms with Gasteiger partial charge in [-0.05, 0) is 32.0 Å². The monoisotopic (exact) mass is 324 g/mol. The minimum absolute atomic E-state index is 0.0150. The average Bonchev–Trinajstić information content (AvgIpc) is 2.59. The second kappa shape index (κ2) is 6.80. The number of hydrogen-bond acceptors (Lipinski definition) is 5. The molecule has 0 aliphatic carbocycles. The zero-order valence-corrected chi connectivity index (χ0v) is 13.7. The Morgan fingerprint density at radius 2 is 1.92 bits per heavy atom. The summed E-state index contributed by atoms with van der Waals surface area (Å²) in [6.45, 7) is 4.98. The summed E-state index contributed by atoms with van der Waals surface area (Å²) in [6.07, 6.45) is 1.00. The first-order chi connectivity index (χ1) is 11.6. The molecule has 1 heterocycles. The summed E-state index contributed by atoms with van der Waals surface area (Å²) in [7, 11) is 0. The number of pyridine rings is 1. The maximum absolute atomic E-state index is 11.5. The van der Waals surface area contributed by atoms with Crippen LogP contribution in [0.3, 0.4) is 0 Å². The van der Waals surface area contributed by atoms with E-state index in [-0.39, 0.29) is 16.8 Å². The Bertz CT molecular complexity index is 895. The highest BCUT2D eigenvalue weighted by molar-refractivity contribution is 6.11. The van der Waals surface area contributed by atoms with Crippen LogP contribution in [0.2, 0.25) is 0 Å². The van der Waals surface area contributed by atoms with Gasteiger partial charge in [-0.1, -0.05) is 31.2 Å². The molecule has 1 unspecified atom stereocenters. The van der Waals surface area contributed by atoms with Gasteiger partial charge in [-0.25, -0.2) is 4.98 Å². The molecule has 0 amide bonds. The van der Waals surface area contributed by atoms with E-state index in [2.05, 4.69) is 22.5 Å². The maximum Gasteiger partial charge on any atom is 0.280 e. The van der Waals surface area contributed by atoms with Crippen molar-refractivity contribution in [1.29, 1.82) is 0 Å². The van der Waals surface area contributed by atoms with Gasteiger partial charge in [0.25, 0.3) is 5.69 Å². The number of nitrogens with one attached hydrogen (secondary N) is 2. The second-order valence-electron chi connectivity index (χ2n) is 5.75. The first-order valence-corrected chi connectivity index (χ1v) is 8.07. The Labute approximate surface area is 140 Å². The van der Waals surface area contributed by atoms with Crippen molar-refractivity contribution in [3.05, 3.63) is 52.6 Å². The Kier molecular flexibility index (Phi) is 4.57. The van der Waals surface area contributed by atoms with E-state index < -0.39 is 0 Å². The molecule has 2 N–H and O–H groups in total. The molecule has 2 aromatic carbocycles. The van der Waals surface area contributed by atoms with Crippen LogP contribution in [-0.2, 0) is 0 Å². The van der Waals surface area contributed by atoms with Crippen LogP contribution in [0, 0.1) is 10.1 Å². The summed E-state index contributed by atoms with van der Waals surface area (Å²) >= 11 is 0. The number of nitro benzene ring substituents is 1. The predicted molar refractivity (Wildman–Crippen MR) is 97.3 cm³/mol. The molecule has 24 heavy (non-hydrogen) atoms. The van der Waals surface area contributed by atoms with Crippen LogP contribution < -0.4 is 10.6 Å². The molecule has 0 fully saturated rings. The van der Waals surface area contributed by atoms with Crippen LogP contribution >= 0.6 is 0 Å². The zero-order valence-electron chi connectivity index (χ0n) is 13.7. The van der Waals surface area contributed by atoms with Crippen molar-refractivity contribution in [2.45, 2.75) is 26.4 Å². The summed E-state index contributed by atoms with van der Waals surface area (Å²) in [6, 6.07) is 12.7. The number of hydrogen-bond donors (Lipinski definition) is 2. The van der Waals surface area contributed by atoms with Crippen LogP contribution in [0.1, 0.15) is 20.3 Å². The lowest BCUT2D eigenvalue weighted by Crippen LogP contribution is -2.33. The standard InChI is InChI=1S/C18H20N4O2/c1-3-11-19-12(2)20-18-13-7-4-5-8-14(13)21-15-9-6-10-16(17(15)18)22(23)24/h4-10,12,19H,3,11H2,1-2H3,(H,20,21). The summed E-state index contributed by atoms with van der Waals surface area (Å²) in [5.41, 5.74) is 2.25. The van der Waals surface area contributed by atoms with Crippen LogP contribution in [0.4, 0.5) is 11.4 Å². The van der Waals surface area contributed by atoms with E-state index >= 15 is 0 Å². The highest BCUT2D eigenvalue weighted by Crippen LogP contribution is 2.36. The molecule has 6 heteroatoms. The Morgan fingerprint density at radius 3 is 2.67 bits per heavy atom. The quantitative estimate of drug-likeness (QED) is 0.309. The van der Waals surface area contributed by atoms with Gasteiger partial charge in [-0.15, -0.1) is 0 Å². The van der Waals surface area contributed by atoms with E-state index in [1.807, 2.05) is 37.3 Å². The molecular formula is C18H20N4O2. The van der Waals surface area contributed by atoms with Crippen LogP contribution in [-0.4, -0.2) is 22.6 Å². The van der Waals surface area contributed by atoms with Crippen molar-refractivity contribution in [2.75, 3.05) is 11.9 Å². The fourth-order valence-corrected chi connectivity index (χ4v) is 2.86. The Hall–Kier alpha value is -2.73. The molecule has 0 aliphatic heterocycles. The van der Waals surface area contributed by atoms with Gasteiger partial charge in [0.15, 0.2) is 0 Å². The zero-order chi connectivity index (χ0) is 17.1. The van der Waals surface area contributed by atoms with E-state index in [0.717, 1.165) is 29.6 Å². The lowest BCUT2D eigenvalue weighted by atomic mass is 10.1. The van der Waals surface area contributed by atoms with E-state index in [1.54, 1.807) is 6.07 Å². The topological polar surface area (TPSA) is 80.1 Å². The number of nitro groups is 1. The highest BCUT2D eigenvalue weighted by atomic mass is 16.6. The van der Waals surface area contributed by atoms with Gasteiger partial charge < -0.3 is 5.32 Å². The normalized spacial score (nSPS) is 12.4. The van der Waals surface area contributed by atoms with Gasteiger partial charge in [0.2, 0.25) is 0 Å². The molecule has 0 spiro atoms. The number of anilines is 1. The minimum Gasteiger partial charge on any atom is -0.369 e. The average molecular weight is 324 g/mol. The number of non-ortho nitro benzene ring substituents is 1.